The van der Waals surface area contributed by atoms with Crippen LogP contribution >= 0.6 is 0 Å². The average Bonchev–Trinajstić information content (AvgIpc) is 2.24. The van der Waals surface area contributed by atoms with Crippen LogP contribution in [0, 0.1) is 0 Å². The zero-order chi connectivity index (χ0) is 13.1. The first-order valence-corrected chi connectivity index (χ1v) is 4.24. The van der Waals surface area contributed by atoms with Crippen molar-refractivity contribution >= 4 is 11.9 Å². The van der Waals surface area contributed by atoms with E-state index in [0.29, 0.717) is 0 Å². The second kappa shape index (κ2) is 5.21. The Hall–Kier alpha value is -1.22. The third-order valence-corrected chi connectivity index (χ3v) is 2.31. The molecule has 0 aromatic carbocycles. The summed E-state index contributed by atoms with van der Waals surface area (Å²) in [5, 5.41) is 44.8. The largest absolute Gasteiger partial charge is 0.479 e. The summed E-state index contributed by atoms with van der Waals surface area (Å²) in [7, 11) is 0.969. The van der Waals surface area contributed by atoms with E-state index in [4.69, 9.17) is 15.3 Å². The van der Waals surface area contributed by atoms with Crippen LogP contribution < -0.4 is 0 Å². The normalized spacial score (nSPS) is 20.6. The van der Waals surface area contributed by atoms with E-state index in [2.05, 4.69) is 4.74 Å². The first-order valence-electron chi connectivity index (χ1n) is 4.24. The third-order valence-electron chi connectivity index (χ3n) is 2.31. The predicted molar refractivity (Wildman–Crippen MR) is 48.7 cm³/mol. The van der Waals surface area contributed by atoms with E-state index in [9.17, 15) is 19.8 Å². The Morgan fingerprint density at radius 1 is 1.19 bits per heavy atom. The summed E-state index contributed by atoms with van der Waals surface area (Å²) in [6, 6.07) is 0. The lowest BCUT2D eigenvalue weighted by atomic mass is 9.92. The fraction of sp³-hybridized carbons (Fsp3) is 0.750. The minimum atomic E-state index is -2.30. The van der Waals surface area contributed by atoms with Gasteiger partial charge in [-0.05, 0) is 6.92 Å². The molecule has 4 atom stereocenters. The molecule has 0 bridgehead atoms. The number of hydrogen-bond donors (Lipinski definition) is 5. The summed E-state index contributed by atoms with van der Waals surface area (Å²) in [4.78, 5) is 21.1. The van der Waals surface area contributed by atoms with Crippen molar-refractivity contribution in [3.8, 4) is 0 Å². The number of ether oxygens (including phenoxy) is 1. The molecular weight excluding hydrogens is 224 g/mol. The number of aliphatic hydroxyl groups is 3. The Morgan fingerprint density at radius 3 is 1.88 bits per heavy atom. The van der Waals surface area contributed by atoms with Gasteiger partial charge in [0.2, 0.25) is 0 Å². The van der Waals surface area contributed by atoms with Crippen LogP contribution in [-0.4, -0.2) is 68.5 Å². The van der Waals surface area contributed by atoms with Crippen molar-refractivity contribution in [1.82, 2.24) is 0 Å². The summed E-state index contributed by atoms with van der Waals surface area (Å²) in [6.45, 7) is 0.942. The Kier molecular flexibility index (Phi) is 4.81. The molecule has 0 amide bonds. The zero-order valence-electron chi connectivity index (χ0n) is 8.69. The number of carboxylic acid groups (broad SMARTS) is 2. The van der Waals surface area contributed by atoms with Crippen LogP contribution in [0.1, 0.15) is 6.92 Å². The molecule has 0 aromatic rings. The Bertz CT molecular complexity index is 277. The average molecular weight is 238 g/mol. The van der Waals surface area contributed by atoms with Crippen LogP contribution in [0.25, 0.3) is 0 Å². The molecule has 0 saturated carbocycles. The van der Waals surface area contributed by atoms with Gasteiger partial charge in [-0.15, -0.1) is 0 Å². The molecule has 0 aliphatic carbocycles. The molecule has 0 aliphatic rings. The standard InChI is InChI=1S/C8H14O8/c1-8(16-2,7(14)15)5(11)3(9)4(10)6(12)13/h3-5,9-11H,1-2H3,(H,12,13)(H,14,15)/t3-,4-,5-,8+/m0/s1. The van der Waals surface area contributed by atoms with Gasteiger partial charge in [0, 0.05) is 7.11 Å². The quantitative estimate of drug-likeness (QED) is 0.345. The molecule has 0 saturated heterocycles. The predicted octanol–water partition coefficient (Wildman–Crippen LogP) is -2.36. The van der Waals surface area contributed by atoms with E-state index in [1.807, 2.05) is 0 Å². The third kappa shape index (κ3) is 2.67. The fourth-order valence-corrected chi connectivity index (χ4v) is 0.979. The van der Waals surface area contributed by atoms with Gasteiger partial charge in [0.1, 0.15) is 12.2 Å². The van der Waals surface area contributed by atoms with Gasteiger partial charge in [-0.1, -0.05) is 0 Å². The highest BCUT2D eigenvalue weighted by atomic mass is 16.5. The fourth-order valence-electron chi connectivity index (χ4n) is 0.979. The second-order valence-corrected chi connectivity index (χ2v) is 3.33. The van der Waals surface area contributed by atoms with Gasteiger partial charge in [-0.2, -0.15) is 0 Å². The number of hydrogen-bond acceptors (Lipinski definition) is 6. The zero-order valence-corrected chi connectivity index (χ0v) is 8.69. The number of rotatable bonds is 6. The van der Waals surface area contributed by atoms with Gasteiger partial charge in [-0.3, -0.25) is 0 Å². The molecule has 8 heteroatoms. The number of aliphatic carboxylic acids is 2. The molecule has 0 fully saturated rings. The molecule has 0 spiro atoms. The number of carbonyl (C=O) groups is 2. The summed E-state index contributed by atoms with van der Waals surface area (Å²) in [6.07, 6.45) is -6.58. The van der Waals surface area contributed by atoms with Gasteiger partial charge in [-0.25, -0.2) is 9.59 Å². The van der Waals surface area contributed by atoms with Crippen LogP contribution in [0.4, 0.5) is 0 Å². The summed E-state index contributed by atoms with van der Waals surface area (Å²) >= 11 is 0. The van der Waals surface area contributed by atoms with Gasteiger partial charge >= 0.3 is 11.9 Å². The van der Waals surface area contributed by atoms with E-state index in [-0.39, 0.29) is 0 Å². The Balaban J connectivity index is 4.96. The molecule has 5 N–H and O–H groups in total. The molecule has 8 nitrogen and oxygen atoms in total. The number of aliphatic hydroxyl groups excluding tert-OH is 3. The smallest absolute Gasteiger partial charge is 0.338 e. The van der Waals surface area contributed by atoms with E-state index in [1.165, 1.54) is 0 Å². The van der Waals surface area contributed by atoms with Gasteiger partial charge < -0.3 is 30.3 Å². The van der Waals surface area contributed by atoms with E-state index < -0.39 is 35.9 Å². The molecule has 0 aromatic heterocycles. The number of methoxy groups -OCH3 is 1. The maximum absolute atomic E-state index is 10.8. The van der Waals surface area contributed by atoms with Crippen LogP contribution in [0.2, 0.25) is 0 Å². The van der Waals surface area contributed by atoms with Crippen molar-refractivity contribution in [2.45, 2.75) is 30.8 Å². The topological polar surface area (TPSA) is 145 Å². The lowest BCUT2D eigenvalue weighted by Crippen LogP contribution is -2.57. The number of carboxylic acids is 2. The molecule has 0 radical (unpaired) electrons. The summed E-state index contributed by atoms with van der Waals surface area (Å²) in [5.41, 5.74) is -2.21. The molecule has 0 unspecified atom stereocenters. The summed E-state index contributed by atoms with van der Waals surface area (Å²) in [5.74, 6) is -3.38. The van der Waals surface area contributed by atoms with E-state index >= 15 is 0 Å². The van der Waals surface area contributed by atoms with Gasteiger partial charge in [0.15, 0.2) is 11.7 Å². The van der Waals surface area contributed by atoms with Crippen LogP contribution in [0.15, 0.2) is 0 Å². The second-order valence-electron chi connectivity index (χ2n) is 3.33. The van der Waals surface area contributed by atoms with Crippen molar-refractivity contribution in [2.24, 2.45) is 0 Å². The molecule has 0 heterocycles. The van der Waals surface area contributed by atoms with E-state index in [1.54, 1.807) is 0 Å². The van der Waals surface area contributed by atoms with Crippen molar-refractivity contribution in [2.75, 3.05) is 7.11 Å². The molecule has 0 rings (SSSR count). The first kappa shape index (κ1) is 14.8. The monoisotopic (exact) mass is 238 g/mol. The maximum Gasteiger partial charge on any atom is 0.338 e. The molecular formula is C8H14O8. The maximum atomic E-state index is 10.8. The highest BCUT2D eigenvalue weighted by Gasteiger charge is 2.48. The van der Waals surface area contributed by atoms with Crippen molar-refractivity contribution < 1.29 is 39.9 Å². The molecule has 0 aliphatic heterocycles. The highest BCUT2D eigenvalue weighted by Crippen LogP contribution is 2.20. The van der Waals surface area contributed by atoms with Crippen LogP contribution in [0.5, 0.6) is 0 Å². The lowest BCUT2D eigenvalue weighted by molar-refractivity contribution is -0.196. The van der Waals surface area contributed by atoms with Crippen LogP contribution in [0.3, 0.4) is 0 Å². The minimum absolute atomic E-state index is 0.942. The Morgan fingerprint density at radius 2 is 1.62 bits per heavy atom. The van der Waals surface area contributed by atoms with Gasteiger partial charge in [0.25, 0.3) is 0 Å². The van der Waals surface area contributed by atoms with E-state index in [0.717, 1.165) is 14.0 Å². The van der Waals surface area contributed by atoms with Crippen molar-refractivity contribution in [3.05, 3.63) is 0 Å². The minimum Gasteiger partial charge on any atom is -0.479 e. The van der Waals surface area contributed by atoms with Gasteiger partial charge in [0.05, 0.1) is 0 Å². The lowest BCUT2D eigenvalue weighted by Gasteiger charge is -2.32. The highest BCUT2D eigenvalue weighted by molar-refractivity contribution is 5.78. The molecule has 94 valence electrons. The van der Waals surface area contributed by atoms with Crippen molar-refractivity contribution in [1.29, 1.82) is 0 Å². The van der Waals surface area contributed by atoms with Crippen molar-refractivity contribution in [3.63, 3.8) is 0 Å². The molecule has 16 heavy (non-hydrogen) atoms. The Labute approximate surface area is 90.7 Å². The SMILES string of the molecule is CO[C@@](C)(C(=O)O)[C@@H](O)[C@@H](O)[C@H](O)C(=O)O. The summed E-state index contributed by atoms with van der Waals surface area (Å²) < 4.78 is 4.50. The first-order chi connectivity index (χ1) is 7.18. The van der Waals surface area contributed by atoms with Crippen LogP contribution in [-0.2, 0) is 14.3 Å².